The molecule has 0 bridgehead atoms. The van der Waals surface area contributed by atoms with Crippen molar-refractivity contribution in [3.05, 3.63) is 65.5 Å². The maximum atomic E-state index is 12.3. The third-order valence-corrected chi connectivity index (χ3v) is 5.86. The molecular formula is C25H27N5O5. The Kier molecular flexibility index (Phi) is 7.71. The van der Waals surface area contributed by atoms with E-state index >= 15 is 0 Å². The molecule has 3 aromatic rings. The largest absolute Gasteiger partial charge is 0.481 e. The van der Waals surface area contributed by atoms with Gasteiger partial charge in [0.05, 0.1) is 0 Å². The van der Waals surface area contributed by atoms with E-state index in [1.54, 1.807) is 0 Å². The zero-order chi connectivity index (χ0) is 24.6. The number of nitrogens with zero attached hydrogens (tertiary/aromatic N) is 2. The number of aromatic amines is 1. The minimum Gasteiger partial charge on any atom is -0.481 e. The number of carbonyl (C=O) groups excluding carboxylic acids is 2. The summed E-state index contributed by atoms with van der Waals surface area (Å²) in [6.45, 7) is 0.589. The molecule has 35 heavy (non-hydrogen) atoms. The van der Waals surface area contributed by atoms with Gasteiger partial charge < -0.3 is 15.2 Å². The average Bonchev–Trinajstić information content (AvgIpc) is 3.44. The highest BCUT2D eigenvalue weighted by Gasteiger charge is 2.29. The lowest BCUT2D eigenvalue weighted by atomic mass is 9.98. The van der Waals surface area contributed by atoms with Crippen LogP contribution < -0.4 is 10.6 Å². The van der Waals surface area contributed by atoms with Gasteiger partial charge in [0.2, 0.25) is 5.82 Å². The fourth-order valence-corrected chi connectivity index (χ4v) is 4.19. The third kappa shape index (κ3) is 6.03. The Hall–Kier alpha value is -4.21. The summed E-state index contributed by atoms with van der Waals surface area (Å²) in [5.41, 5.74) is 4.50. The number of carbonyl (C=O) groups is 3. The number of ether oxygens (including phenoxy) is 1. The van der Waals surface area contributed by atoms with Crippen molar-refractivity contribution >= 4 is 23.9 Å². The van der Waals surface area contributed by atoms with Gasteiger partial charge >= 0.3 is 12.1 Å². The smallest absolute Gasteiger partial charge is 0.414 e. The Labute approximate surface area is 202 Å². The highest BCUT2D eigenvalue weighted by atomic mass is 16.5. The number of benzene rings is 2. The SMILES string of the molecule is O=C(O)CCCCCCNC(=O)c1nc(NC(=O)OCC2c3ccccc3-c3ccccc32)n[nH]1. The van der Waals surface area contributed by atoms with Crippen molar-refractivity contribution < 1.29 is 24.2 Å². The first-order valence-corrected chi connectivity index (χ1v) is 11.6. The highest BCUT2D eigenvalue weighted by Crippen LogP contribution is 2.44. The normalized spacial score (nSPS) is 12.0. The third-order valence-electron chi connectivity index (χ3n) is 5.86. The summed E-state index contributed by atoms with van der Waals surface area (Å²) < 4.78 is 5.46. The number of H-pyrrole nitrogens is 1. The van der Waals surface area contributed by atoms with Crippen LogP contribution in [-0.2, 0) is 9.53 Å². The van der Waals surface area contributed by atoms with Crippen molar-refractivity contribution in [3.8, 4) is 11.1 Å². The molecular weight excluding hydrogens is 450 g/mol. The van der Waals surface area contributed by atoms with E-state index in [2.05, 4.69) is 37.9 Å². The van der Waals surface area contributed by atoms with E-state index in [4.69, 9.17) is 9.84 Å². The average molecular weight is 478 g/mol. The lowest BCUT2D eigenvalue weighted by Crippen LogP contribution is -2.25. The predicted octanol–water partition coefficient (Wildman–Crippen LogP) is 3.93. The summed E-state index contributed by atoms with van der Waals surface area (Å²) in [5.74, 6) is -1.38. The first-order chi connectivity index (χ1) is 17.0. The number of fused-ring (bicyclic) bond motifs is 3. The van der Waals surface area contributed by atoms with Gasteiger partial charge in [0.1, 0.15) is 6.61 Å². The predicted molar refractivity (Wildman–Crippen MR) is 128 cm³/mol. The molecule has 1 heterocycles. The summed E-state index contributed by atoms with van der Waals surface area (Å²) in [6.07, 6.45) is 2.40. The van der Waals surface area contributed by atoms with E-state index in [1.807, 2.05) is 36.4 Å². The number of amides is 2. The van der Waals surface area contributed by atoms with E-state index in [1.165, 1.54) is 0 Å². The van der Waals surface area contributed by atoms with E-state index in [-0.39, 0.29) is 30.7 Å². The topological polar surface area (TPSA) is 146 Å². The molecule has 0 aliphatic heterocycles. The second-order valence-corrected chi connectivity index (χ2v) is 8.27. The van der Waals surface area contributed by atoms with Crippen molar-refractivity contribution in [2.24, 2.45) is 0 Å². The lowest BCUT2D eigenvalue weighted by Gasteiger charge is -2.13. The molecule has 0 saturated heterocycles. The van der Waals surface area contributed by atoms with Gasteiger partial charge in [-0.25, -0.2) is 4.79 Å². The van der Waals surface area contributed by atoms with Crippen LogP contribution in [0.5, 0.6) is 0 Å². The van der Waals surface area contributed by atoms with Crippen molar-refractivity contribution in [3.63, 3.8) is 0 Å². The van der Waals surface area contributed by atoms with Gasteiger partial charge in [0.25, 0.3) is 11.9 Å². The summed E-state index contributed by atoms with van der Waals surface area (Å²) >= 11 is 0. The van der Waals surface area contributed by atoms with Crippen molar-refractivity contribution in [2.75, 3.05) is 18.5 Å². The molecule has 0 fully saturated rings. The van der Waals surface area contributed by atoms with Crippen LogP contribution in [0.1, 0.15) is 59.8 Å². The molecule has 0 saturated carbocycles. The number of hydrogen-bond donors (Lipinski definition) is 4. The quantitative estimate of drug-likeness (QED) is 0.306. The van der Waals surface area contributed by atoms with Gasteiger partial charge in [0, 0.05) is 18.9 Å². The fraction of sp³-hybridized carbons (Fsp3) is 0.320. The Morgan fingerprint density at radius 3 is 2.29 bits per heavy atom. The van der Waals surface area contributed by atoms with Gasteiger partial charge in [-0.15, -0.1) is 5.10 Å². The van der Waals surface area contributed by atoms with E-state index in [9.17, 15) is 14.4 Å². The fourth-order valence-electron chi connectivity index (χ4n) is 4.19. The monoisotopic (exact) mass is 477 g/mol. The van der Waals surface area contributed by atoms with Crippen LogP contribution in [0.15, 0.2) is 48.5 Å². The van der Waals surface area contributed by atoms with Crippen molar-refractivity contribution in [1.29, 1.82) is 0 Å². The van der Waals surface area contributed by atoms with Crippen LogP contribution in [-0.4, -0.2) is 51.4 Å². The Balaban J connectivity index is 1.23. The van der Waals surface area contributed by atoms with Crippen LogP contribution in [0.2, 0.25) is 0 Å². The zero-order valence-electron chi connectivity index (χ0n) is 19.1. The van der Waals surface area contributed by atoms with Gasteiger partial charge in [-0.3, -0.25) is 20.0 Å². The Morgan fingerprint density at radius 1 is 0.943 bits per heavy atom. The second-order valence-electron chi connectivity index (χ2n) is 8.27. The van der Waals surface area contributed by atoms with Crippen LogP contribution in [0.3, 0.4) is 0 Å². The number of aliphatic carboxylic acids is 1. The van der Waals surface area contributed by atoms with Crippen molar-refractivity contribution in [2.45, 2.75) is 38.0 Å². The molecule has 2 aromatic carbocycles. The molecule has 2 amide bonds. The maximum Gasteiger partial charge on any atom is 0.414 e. The van der Waals surface area contributed by atoms with Gasteiger partial charge in [-0.05, 0) is 35.1 Å². The summed E-state index contributed by atoms with van der Waals surface area (Å²) in [4.78, 5) is 39.0. The van der Waals surface area contributed by atoms with Crippen LogP contribution in [0.25, 0.3) is 11.1 Å². The Bertz CT molecular complexity index is 1160. The molecule has 0 radical (unpaired) electrons. The molecule has 10 heteroatoms. The van der Waals surface area contributed by atoms with Crippen LogP contribution in [0.4, 0.5) is 10.7 Å². The number of aromatic nitrogens is 3. The molecule has 4 rings (SSSR count). The maximum absolute atomic E-state index is 12.3. The number of carboxylic acids is 1. The van der Waals surface area contributed by atoms with Gasteiger partial charge in [-0.1, -0.05) is 61.4 Å². The molecule has 0 unspecified atom stereocenters. The number of rotatable bonds is 11. The van der Waals surface area contributed by atoms with Gasteiger partial charge in [0.15, 0.2) is 0 Å². The number of anilines is 1. The van der Waals surface area contributed by atoms with Crippen LogP contribution in [0, 0.1) is 0 Å². The molecule has 10 nitrogen and oxygen atoms in total. The minimum absolute atomic E-state index is 0.0233. The number of carboxylic acid groups (broad SMARTS) is 1. The van der Waals surface area contributed by atoms with E-state index in [0.717, 1.165) is 41.5 Å². The lowest BCUT2D eigenvalue weighted by molar-refractivity contribution is -0.137. The minimum atomic E-state index is -0.800. The first-order valence-electron chi connectivity index (χ1n) is 11.6. The first kappa shape index (κ1) is 23.9. The van der Waals surface area contributed by atoms with E-state index in [0.29, 0.717) is 13.0 Å². The molecule has 182 valence electrons. The Morgan fingerprint density at radius 2 is 1.60 bits per heavy atom. The zero-order valence-corrected chi connectivity index (χ0v) is 19.1. The molecule has 1 aliphatic rings. The van der Waals surface area contributed by atoms with Crippen LogP contribution >= 0.6 is 0 Å². The van der Waals surface area contributed by atoms with Gasteiger partial charge in [-0.2, -0.15) is 4.98 Å². The highest BCUT2D eigenvalue weighted by molar-refractivity contribution is 5.91. The summed E-state index contributed by atoms with van der Waals surface area (Å²) in [7, 11) is 0. The molecule has 4 N–H and O–H groups in total. The second kappa shape index (κ2) is 11.3. The molecule has 0 atom stereocenters. The number of nitrogens with one attached hydrogen (secondary N) is 3. The summed E-state index contributed by atoms with van der Waals surface area (Å²) in [6, 6.07) is 16.1. The summed E-state index contributed by atoms with van der Waals surface area (Å²) in [5, 5.41) is 20.1. The molecule has 1 aliphatic carbocycles. The standard InChI is InChI=1S/C25H27N5O5/c31-21(32)13-3-1-2-8-14-26-23(33)22-27-24(30-29-22)28-25(34)35-15-20-18-11-6-4-9-16(18)17-10-5-7-12-19(17)20/h4-7,9-12,20H,1-3,8,13-15H2,(H,26,33)(H,31,32)(H2,27,28,29,30,34). The number of unbranched alkanes of at least 4 members (excludes halogenated alkanes) is 3. The molecule has 0 spiro atoms. The van der Waals surface area contributed by atoms with E-state index < -0.39 is 18.0 Å². The number of hydrogen-bond acceptors (Lipinski definition) is 6. The molecule has 1 aromatic heterocycles. The van der Waals surface area contributed by atoms with Crippen molar-refractivity contribution in [1.82, 2.24) is 20.5 Å².